The second-order valence-electron chi connectivity index (χ2n) is 12.2. The first-order chi connectivity index (χ1) is 22.7. The molecule has 1 heterocycles. The van der Waals surface area contributed by atoms with Gasteiger partial charge in [-0.15, -0.1) is 0 Å². The topological polar surface area (TPSA) is 4.93 Å². The van der Waals surface area contributed by atoms with Crippen LogP contribution >= 0.6 is 0 Å². The Morgan fingerprint density at radius 3 is 1.46 bits per heavy atom. The fourth-order valence-electron chi connectivity index (χ4n) is 7.38. The quantitative estimate of drug-likeness (QED) is 0.181. The Hall–Kier alpha value is -5.92. The van der Waals surface area contributed by atoms with Gasteiger partial charge in [-0.3, -0.25) is 0 Å². The number of aromatic nitrogens is 1. The lowest BCUT2D eigenvalue weighted by Gasteiger charge is -2.18. The fourth-order valence-corrected chi connectivity index (χ4v) is 7.38. The molecular formula is C45H31N. The molecule has 0 unspecified atom stereocenters. The summed E-state index contributed by atoms with van der Waals surface area (Å²) < 4.78 is 2.39. The van der Waals surface area contributed by atoms with Gasteiger partial charge in [0.25, 0.3) is 0 Å². The van der Waals surface area contributed by atoms with E-state index in [2.05, 4.69) is 181 Å². The lowest BCUT2D eigenvalue weighted by Crippen LogP contribution is -1.94. The Bertz CT molecular complexity index is 2510. The largest absolute Gasteiger partial charge is 0.309 e. The van der Waals surface area contributed by atoms with Gasteiger partial charge in [0.1, 0.15) is 0 Å². The van der Waals surface area contributed by atoms with Crippen molar-refractivity contribution in [3.05, 3.63) is 175 Å². The summed E-state index contributed by atoms with van der Waals surface area (Å²) >= 11 is 0. The van der Waals surface area contributed by atoms with Gasteiger partial charge in [-0.1, -0.05) is 140 Å². The number of fused-ring (bicyclic) bond motifs is 5. The molecule has 0 N–H and O–H groups in total. The summed E-state index contributed by atoms with van der Waals surface area (Å²) in [7, 11) is 0. The SMILES string of the molecule is Cc1cccc(-n2c3ccccc3c3cc(-c4ccc(-c5c6ccccc6c(-c6ccccc6)c6ccccc56)cc4)ccc32)c1. The highest BCUT2D eigenvalue weighted by atomic mass is 15.0. The molecule has 9 aromatic rings. The van der Waals surface area contributed by atoms with Crippen LogP contribution in [0.4, 0.5) is 0 Å². The highest BCUT2D eigenvalue weighted by Crippen LogP contribution is 2.44. The van der Waals surface area contributed by atoms with E-state index in [1.165, 1.54) is 88.0 Å². The van der Waals surface area contributed by atoms with Crippen LogP contribution in [0.1, 0.15) is 5.56 Å². The van der Waals surface area contributed by atoms with Crippen LogP contribution in [0.2, 0.25) is 0 Å². The fraction of sp³-hybridized carbons (Fsp3) is 0.0222. The van der Waals surface area contributed by atoms with Crippen LogP contribution < -0.4 is 0 Å². The predicted molar refractivity (Wildman–Crippen MR) is 197 cm³/mol. The Morgan fingerprint density at radius 1 is 0.326 bits per heavy atom. The van der Waals surface area contributed by atoms with E-state index in [1.807, 2.05) is 0 Å². The second kappa shape index (κ2) is 10.6. The lowest BCUT2D eigenvalue weighted by atomic mass is 9.86. The van der Waals surface area contributed by atoms with Crippen LogP contribution in [0.25, 0.3) is 82.4 Å². The summed E-state index contributed by atoms with van der Waals surface area (Å²) in [5.74, 6) is 0. The van der Waals surface area contributed by atoms with Crippen molar-refractivity contribution in [2.75, 3.05) is 0 Å². The van der Waals surface area contributed by atoms with Crippen molar-refractivity contribution < 1.29 is 0 Å². The van der Waals surface area contributed by atoms with Crippen molar-refractivity contribution in [1.82, 2.24) is 4.57 Å². The average Bonchev–Trinajstić information content (AvgIpc) is 3.45. The molecule has 1 nitrogen and oxygen atoms in total. The van der Waals surface area contributed by atoms with Gasteiger partial charge in [0, 0.05) is 16.5 Å². The zero-order chi connectivity index (χ0) is 30.6. The maximum atomic E-state index is 2.39. The van der Waals surface area contributed by atoms with Crippen LogP contribution in [-0.4, -0.2) is 4.57 Å². The maximum Gasteiger partial charge on any atom is 0.0541 e. The monoisotopic (exact) mass is 585 g/mol. The lowest BCUT2D eigenvalue weighted by molar-refractivity contribution is 1.17. The van der Waals surface area contributed by atoms with Crippen LogP contribution in [0.15, 0.2) is 170 Å². The first-order valence-corrected chi connectivity index (χ1v) is 15.9. The summed E-state index contributed by atoms with van der Waals surface area (Å²) in [6.45, 7) is 2.16. The third kappa shape index (κ3) is 4.17. The van der Waals surface area contributed by atoms with Crippen LogP contribution in [-0.2, 0) is 0 Å². The van der Waals surface area contributed by atoms with Crippen molar-refractivity contribution in [2.45, 2.75) is 6.92 Å². The molecule has 0 aliphatic heterocycles. The molecule has 1 aromatic heterocycles. The first-order valence-electron chi connectivity index (χ1n) is 15.9. The van der Waals surface area contributed by atoms with Crippen LogP contribution in [0, 0.1) is 6.92 Å². The average molecular weight is 586 g/mol. The van der Waals surface area contributed by atoms with Crippen molar-refractivity contribution in [3.63, 3.8) is 0 Å². The number of hydrogen-bond acceptors (Lipinski definition) is 0. The molecule has 216 valence electrons. The molecule has 46 heavy (non-hydrogen) atoms. The molecule has 8 aromatic carbocycles. The molecule has 0 radical (unpaired) electrons. The molecule has 0 saturated heterocycles. The second-order valence-corrected chi connectivity index (χ2v) is 12.2. The molecule has 9 rings (SSSR count). The third-order valence-corrected chi connectivity index (χ3v) is 9.43. The zero-order valence-electron chi connectivity index (χ0n) is 25.6. The van der Waals surface area contributed by atoms with Gasteiger partial charge in [-0.2, -0.15) is 0 Å². The Labute approximate surface area is 268 Å². The molecule has 0 atom stereocenters. The third-order valence-electron chi connectivity index (χ3n) is 9.43. The van der Waals surface area contributed by atoms with E-state index < -0.39 is 0 Å². The van der Waals surface area contributed by atoms with Gasteiger partial charge in [0.05, 0.1) is 11.0 Å². The van der Waals surface area contributed by atoms with Crippen molar-refractivity contribution in [3.8, 4) is 39.1 Å². The zero-order valence-corrected chi connectivity index (χ0v) is 25.6. The molecule has 0 aliphatic rings. The van der Waals surface area contributed by atoms with Crippen LogP contribution in [0.3, 0.4) is 0 Å². The number of benzene rings is 8. The van der Waals surface area contributed by atoms with Crippen LogP contribution in [0.5, 0.6) is 0 Å². The van der Waals surface area contributed by atoms with Crippen molar-refractivity contribution in [2.24, 2.45) is 0 Å². The number of rotatable bonds is 4. The van der Waals surface area contributed by atoms with E-state index in [-0.39, 0.29) is 0 Å². The van der Waals surface area contributed by atoms with E-state index in [4.69, 9.17) is 0 Å². The Morgan fingerprint density at radius 2 is 0.826 bits per heavy atom. The van der Waals surface area contributed by atoms with E-state index in [1.54, 1.807) is 0 Å². The van der Waals surface area contributed by atoms with E-state index in [0.29, 0.717) is 0 Å². The highest BCUT2D eigenvalue weighted by molar-refractivity contribution is 6.21. The summed E-state index contributed by atoms with van der Waals surface area (Å²) in [5, 5.41) is 7.65. The van der Waals surface area contributed by atoms with Crippen molar-refractivity contribution >= 4 is 43.4 Å². The number of hydrogen-bond donors (Lipinski definition) is 0. The predicted octanol–water partition coefficient (Wildman–Crippen LogP) is 12.4. The van der Waals surface area contributed by atoms with E-state index in [0.717, 1.165) is 0 Å². The minimum Gasteiger partial charge on any atom is -0.309 e. The van der Waals surface area contributed by atoms with Gasteiger partial charge in [-0.25, -0.2) is 0 Å². The number of para-hydroxylation sites is 1. The van der Waals surface area contributed by atoms with Gasteiger partial charge >= 0.3 is 0 Å². The number of aryl methyl sites for hydroxylation is 1. The Kier molecular flexibility index (Phi) is 6.11. The highest BCUT2D eigenvalue weighted by Gasteiger charge is 2.17. The molecule has 1 heteroatoms. The summed E-state index contributed by atoms with van der Waals surface area (Å²) in [4.78, 5) is 0. The minimum atomic E-state index is 1.20. The minimum absolute atomic E-state index is 1.20. The summed E-state index contributed by atoms with van der Waals surface area (Å²) in [5.41, 5.74) is 12.4. The van der Waals surface area contributed by atoms with Crippen molar-refractivity contribution in [1.29, 1.82) is 0 Å². The van der Waals surface area contributed by atoms with Gasteiger partial charge in [0.2, 0.25) is 0 Å². The number of nitrogens with zero attached hydrogens (tertiary/aromatic N) is 1. The molecule has 0 bridgehead atoms. The first kappa shape index (κ1) is 26.5. The summed E-state index contributed by atoms with van der Waals surface area (Å²) in [6.07, 6.45) is 0. The van der Waals surface area contributed by atoms with Gasteiger partial charge in [0.15, 0.2) is 0 Å². The molecule has 0 fully saturated rings. The van der Waals surface area contributed by atoms with Gasteiger partial charge in [-0.05, 0) is 97.7 Å². The molecule has 0 saturated carbocycles. The molecular weight excluding hydrogens is 555 g/mol. The molecule has 0 aliphatic carbocycles. The Balaban J connectivity index is 1.20. The molecule has 0 amide bonds. The van der Waals surface area contributed by atoms with E-state index in [9.17, 15) is 0 Å². The van der Waals surface area contributed by atoms with Gasteiger partial charge < -0.3 is 4.57 Å². The van der Waals surface area contributed by atoms with E-state index >= 15 is 0 Å². The maximum absolute atomic E-state index is 2.39. The normalized spacial score (nSPS) is 11.6. The standard InChI is InChI=1S/C45H31N/c1-30-12-11-15-35(28-30)46-42-21-10-9-16-36(42)41-29-34(26-27-43(41)46)31-22-24-33(25-23-31)45-39-19-7-5-17-37(39)44(32-13-3-2-4-14-32)38-18-6-8-20-40(38)45/h2-29H,1H3. The summed E-state index contributed by atoms with van der Waals surface area (Å²) in [6, 6.07) is 62.1. The smallest absolute Gasteiger partial charge is 0.0541 e. The molecule has 0 spiro atoms.